The highest BCUT2D eigenvalue weighted by atomic mass is 16.4. The molecule has 0 rings (SSSR count). The van der Waals surface area contributed by atoms with E-state index in [1.807, 2.05) is 0 Å². The average molecular weight is 160 g/mol. The van der Waals surface area contributed by atoms with Crippen LogP contribution in [0.4, 0.5) is 0 Å². The molecule has 0 aromatic rings. The Morgan fingerprint density at radius 1 is 1.64 bits per heavy atom. The molecule has 0 atom stereocenters. The van der Waals surface area contributed by atoms with Gasteiger partial charge in [-0.15, -0.1) is 0 Å². The highest BCUT2D eigenvalue weighted by Gasteiger charge is 2.26. The fraction of sp³-hybridized carbons (Fsp3) is 0.857. The number of hydrogen-bond acceptors (Lipinski definition) is 3. The van der Waals surface area contributed by atoms with E-state index < -0.39 is 11.4 Å². The maximum Gasteiger partial charge on any atom is 0.309 e. The van der Waals surface area contributed by atoms with Gasteiger partial charge in [0, 0.05) is 13.6 Å². The molecule has 0 aliphatic carbocycles. The van der Waals surface area contributed by atoms with E-state index in [1.54, 1.807) is 20.9 Å². The van der Waals surface area contributed by atoms with Crippen molar-refractivity contribution in [3.05, 3.63) is 0 Å². The van der Waals surface area contributed by atoms with Gasteiger partial charge >= 0.3 is 5.97 Å². The summed E-state index contributed by atoms with van der Waals surface area (Å²) < 4.78 is 0. The number of hydrazine groups is 1. The second kappa shape index (κ2) is 3.69. The van der Waals surface area contributed by atoms with Crippen LogP contribution < -0.4 is 5.84 Å². The van der Waals surface area contributed by atoms with Gasteiger partial charge in [-0.25, -0.2) is 0 Å². The second-order valence-electron chi connectivity index (χ2n) is 3.42. The number of hydrogen-bond donors (Lipinski definition) is 2. The molecular formula is C7H16N2O2. The minimum atomic E-state index is -0.778. The topological polar surface area (TPSA) is 66.6 Å². The van der Waals surface area contributed by atoms with E-state index in [2.05, 4.69) is 0 Å². The van der Waals surface area contributed by atoms with Crippen LogP contribution in [0, 0.1) is 5.41 Å². The molecule has 0 aliphatic heterocycles. The van der Waals surface area contributed by atoms with Gasteiger partial charge < -0.3 is 5.11 Å². The lowest BCUT2D eigenvalue weighted by Gasteiger charge is -2.20. The highest BCUT2D eigenvalue weighted by molar-refractivity contribution is 5.73. The lowest BCUT2D eigenvalue weighted by molar-refractivity contribution is -0.147. The third kappa shape index (κ3) is 3.95. The number of nitrogens with zero attached hydrogens (tertiary/aromatic N) is 1. The first kappa shape index (κ1) is 10.4. The molecule has 66 valence electrons. The molecule has 4 heteroatoms. The number of carboxylic acids is 1. The van der Waals surface area contributed by atoms with Crippen molar-refractivity contribution >= 4 is 5.97 Å². The van der Waals surface area contributed by atoms with Crippen molar-refractivity contribution in [2.75, 3.05) is 13.6 Å². The Labute approximate surface area is 67.0 Å². The fourth-order valence-corrected chi connectivity index (χ4v) is 0.563. The monoisotopic (exact) mass is 160 g/mol. The van der Waals surface area contributed by atoms with Crippen LogP contribution in [0.3, 0.4) is 0 Å². The molecular weight excluding hydrogens is 144 g/mol. The van der Waals surface area contributed by atoms with Crippen LogP contribution in [0.25, 0.3) is 0 Å². The zero-order valence-electron chi connectivity index (χ0n) is 7.29. The predicted octanol–water partition coefficient (Wildman–Crippen LogP) is 0.293. The van der Waals surface area contributed by atoms with Gasteiger partial charge in [0.2, 0.25) is 0 Å². The summed E-state index contributed by atoms with van der Waals surface area (Å²) in [6.45, 7) is 3.98. The Bertz CT molecular complexity index is 143. The zero-order valence-corrected chi connectivity index (χ0v) is 7.29. The smallest absolute Gasteiger partial charge is 0.309 e. The van der Waals surface area contributed by atoms with Gasteiger partial charge in [0.15, 0.2) is 0 Å². The molecule has 0 bridgehead atoms. The lowest BCUT2D eigenvalue weighted by Crippen LogP contribution is -2.33. The van der Waals surface area contributed by atoms with Crippen LogP contribution in [-0.4, -0.2) is 29.7 Å². The molecule has 4 nitrogen and oxygen atoms in total. The zero-order chi connectivity index (χ0) is 9.07. The summed E-state index contributed by atoms with van der Waals surface area (Å²) >= 11 is 0. The molecule has 0 spiro atoms. The van der Waals surface area contributed by atoms with E-state index in [4.69, 9.17) is 10.9 Å². The number of nitrogens with two attached hydrogens (primary N) is 1. The van der Waals surface area contributed by atoms with E-state index in [-0.39, 0.29) is 0 Å². The van der Waals surface area contributed by atoms with Crippen molar-refractivity contribution in [1.82, 2.24) is 5.01 Å². The van der Waals surface area contributed by atoms with Crippen LogP contribution >= 0.6 is 0 Å². The number of carboxylic acid groups (broad SMARTS) is 1. The van der Waals surface area contributed by atoms with Crippen molar-refractivity contribution in [1.29, 1.82) is 0 Å². The Balaban J connectivity index is 3.83. The minimum absolute atomic E-state index is 0.565. The highest BCUT2D eigenvalue weighted by Crippen LogP contribution is 2.19. The van der Waals surface area contributed by atoms with Gasteiger partial charge in [-0.1, -0.05) is 0 Å². The van der Waals surface area contributed by atoms with Crippen molar-refractivity contribution in [2.45, 2.75) is 20.3 Å². The molecule has 0 saturated carbocycles. The van der Waals surface area contributed by atoms with Gasteiger partial charge in [0.05, 0.1) is 5.41 Å². The van der Waals surface area contributed by atoms with Crippen LogP contribution in [0.2, 0.25) is 0 Å². The number of rotatable bonds is 4. The third-order valence-corrected chi connectivity index (χ3v) is 1.67. The Morgan fingerprint density at radius 2 is 2.09 bits per heavy atom. The van der Waals surface area contributed by atoms with E-state index >= 15 is 0 Å². The maximum atomic E-state index is 10.6. The first-order chi connectivity index (χ1) is 4.86. The van der Waals surface area contributed by atoms with Gasteiger partial charge in [0.25, 0.3) is 0 Å². The van der Waals surface area contributed by atoms with Gasteiger partial charge in [-0.3, -0.25) is 15.6 Å². The molecule has 0 fully saturated rings. The van der Waals surface area contributed by atoms with E-state index in [1.165, 1.54) is 5.01 Å². The Kier molecular flexibility index (Phi) is 3.48. The molecule has 0 aliphatic rings. The van der Waals surface area contributed by atoms with Crippen LogP contribution in [0.1, 0.15) is 20.3 Å². The molecule has 3 N–H and O–H groups in total. The van der Waals surface area contributed by atoms with Crippen LogP contribution in [-0.2, 0) is 4.79 Å². The summed E-state index contributed by atoms with van der Waals surface area (Å²) in [6.07, 6.45) is 0.565. The normalized spacial score (nSPS) is 12.1. The van der Waals surface area contributed by atoms with E-state index in [0.717, 1.165) is 0 Å². The van der Waals surface area contributed by atoms with E-state index in [9.17, 15) is 4.79 Å². The largest absolute Gasteiger partial charge is 0.481 e. The summed E-state index contributed by atoms with van der Waals surface area (Å²) in [5, 5.41) is 10.2. The molecule has 0 amide bonds. The van der Waals surface area contributed by atoms with Crippen molar-refractivity contribution in [2.24, 2.45) is 11.3 Å². The van der Waals surface area contributed by atoms with Gasteiger partial charge in [-0.05, 0) is 20.3 Å². The first-order valence-corrected chi connectivity index (χ1v) is 3.55. The summed E-state index contributed by atoms with van der Waals surface area (Å²) in [5.41, 5.74) is -0.673. The quantitative estimate of drug-likeness (QED) is 0.458. The average Bonchev–Trinajstić information content (AvgIpc) is 1.84. The van der Waals surface area contributed by atoms with Gasteiger partial charge in [-0.2, -0.15) is 0 Å². The summed E-state index contributed by atoms with van der Waals surface area (Å²) in [5.74, 6) is 4.56. The van der Waals surface area contributed by atoms with Gasteiger partial charge in [0.1, 0.15) is 0 Å². The summed E-state index contributed by atoms with van der Waals surface area (Å²) in [6, 6.07) is 0. The number of carbonyl (C=O) groups is 1. The van der Waals surface area contributed by atoms with Crippen molar-refractivity contribution in [3.8, 4) is 0 Å². The number of aliphatic carboxylic acids is 1. The second-order valence-corrected chi connectivity index (χ2v) is 3.42. The van der Waals surface area contributed by atoms with Crippen LogP contribution in [0.5, 0.6) is 0 Å². The first-order valence-electron chi connectivity index (χ1n) is 3.55. The molecule has 0 unspecified atom stereocenters. The van der Waals surface area contributed by atoms with E-state index in [0.29, 0.717) is 13.0 Å². The summed E-state index contributed by atoms with van der Waals surface area (Å²) in [7, 11) is 1.72. The molecule has 0 aromatic heterocycles. The standard InChI is InChI=1S/C7H16N2O2/c1-7(2,6(10)11)4-5-9(3)8/h4-5,8H2,1-3H3,(H,10,11). The van der Waals surface area contributed by atoms with Crippen LogP contribution in [0.15, 0.2) is 0 Å². The molecule has 11 heavy (non-hydrogen) atoms. The molecule has 0 saturated heterocycles. The molecule has 0 heterocycles. The minimum Gasteiger partial charge on any atom is -0.481 e. The summed E-state index contributed by atoms with van der Waals surface area (Å²) in [4.78, 5) is 10.6. The van der Waals surface area contributed by atoms with Crippen molar-refractivity contribution in [3.63, 3.8) is 0 Å². The molecule has 0 aromatic carbocycles. The van der Waals surface area contributed by atoms with Crippen molar-refractivity contribution < 1.29 is 9.90 Å². The predicted molar refractivity (Wildman–Crippen MR) is 42.9 cm³/mol. The molecule has 0 radical (unpaired) electrons. The Morgan fingerprint density at radius 3 is 2.36 bits per heavy atom. The SMILES string of the molecule is CN(N)CCC(C)(C)C(=O)O. The lowest BCUT2D eigenvalue weighted by atomic mass is 9.90. The fourth-order valence-electron chi connectivity index (χ4n) is 0.563. The maximum absolute atomic E-state index is 10.6. The third-order valence-electron chi connectivity index (χ3n) is 1.67. The Hall–Kier alpha value is -0.610.